The molecule has 1 aromatic carbocycles. The minimum absolute atomic E-state index is 0.293. The molecule has 0 radical (unpaired) electrons. The van der Waals surface area contributed by atoms with Crippen molar-refractivity contribution in [3.8, 4) is 11.4 Å². The Kier molecular flexibility index (Phi) is 4.45. The van der Waals surface area contributed by atoms with Crippen LogP contribution in [0.25, 0.3) is 11.4 Å². The first-order chi connectivity index (χ1) is 9.49. The van der Waals surface area contributed by atoms with Gasteiger partial charge in [-0.05, 0) is 25.0 Å². The maximum Gasteiger partial charge on any atom is 0.358 e. The highest BCUT2D eigenvalue weighted by molar-refractivity contribution is 6.33. The Morgan fingerprint density at radius 1 is 1.40 bits per heavy atom. The van der Waals surface area contributed by atoms with Gasteiger partial charge in [-0.1, -0.05) is 37.6 Å². The summed E-state index contributed by atoms with van der Waals surface area (Å²) in [6, 6.07) is 7.35. The first-order valence-corrected chi connectivity index (χ1v) is 6.85. The van der Waals surface area contributed by atoms with Crippen molar-refractivity contribution in [1.82, 2.24) is 9.97 Å². The Labute approximate surface area is 123 Å². The molecule has 0 amide bonds. The highest BCUT2D eigenvalue weighted by Crippen LogP contribution is 2.26. The fourth-order valence-corrected chi connectivity index (χ4v) is 1.98. The molecule has 0 atom stereocenters. The third kappa shape index (κ3) is 3.20. The number of ether oxygens (including phenoxy) is 1. The number of carbonyl (C=O) groups is 1. The zero-order valence-electron chi connectivity index (χ0n) is 11.7. The second-order valence-corrected chi connectivity index (χ2v) is 5.44. The number of benzene rings is 1. The van der Waals surface area contributed by atoms with Gasteiger partial charge in [0.25, 0.3) is 0 Å². The van der Waals surface area contributed by atoms with Crippen molar-refractivity contribution < 1.29 is 9.53 Å². The molecule has 5 heteroatoms. The molecule has 106 valence electrons. The number of aromatic nitrogens is 2. The summed E-state index contributed by atoms with van der Waals surface area (Å²) < 4.78 is 5.20. The van der Waals surface area contributed by atoms with Crippen molar-refractivity contribution in [1.29, 1.82) is 0 Å². The molecular weight excluding hydrogens is 276 g/mol. The van der Waals surface area contributed by atoms with Gasteiger partial charge in [-0.25, -0.2) is 9.78 Å². The lowest BCUT2D eigenvalue weighted by Gasteiger charge is -2.05. The zero-order chi connectivity index (χ0) is 14.7. The smallest absolute Gasteiger partial charge is 0.358 e. The van der Waals surface area contributed by atoms with Crippen molar-refractivity contribution in [3.05, 3.63) is 40.7 Å². The van der Waals surface area contributed by atoms with Gasteiger partial charge in [-0.3, -0.25) is 0 Å². The third-order valence-corrected chi connectivity index (χ3v) is 3.08. The van der Waals surface area contributed by atoms with Crippen LogP contribution in [0.1, 0.15) is 30.0 Å². The van der Waals surface area contributed by atoms with Crippen LogP contribution < -0.4 is 0 Å². The summed E-state index contributed by atoms with van der Waals surface area (Å²) in [6.07, 6.45) is 0. The number of hydrogen-bond acceptors (Lipinski definition) is 3. The first-order valence-electron chi connectivity index (χ1n) is 6.47. The SMILES string of the molecule is Cc1[nH]c(-c2ccccc2Cl)nc1C(=O)OCC(C)C. The topological polar surface area (TPSA) is 55.0 Å². The van der Waals surface area contributed by atoms with Gasteiger partial charge in [0.1, 0.15) is 5.82 Å². The van der Waals surface area contributed by atoms with Gasteiger partial charge in [0.05, 0.1) is 11.6 Å². The minimum Gasteiger partial charge on any atom is -0.461 e. The maximum absolute atomic E-state index is 12.0. The van der Waals surface area contributed by atoms with Gasteiger partial charge in [0.15, 0.2) is 5.69 Å². The van der Waals surface area contributed by atoms with Crippen LogP contribution in [0.5, 0.6) is 0 Å². The van der Waals surface area contributed by atoms with E-state index in [4.69, 9.17) is 16.3 Å². The Bertz CT molecular complexity index is 620. The van der Waals surface area contributed by atoms with Crippen LogP contribution in [0, 0.1) is 12.8 Å². The van der Waals surface area contributed by atoms with Crippen molar-refractivity contribution in [2.75, 3.05) is 6.61 Å². The van der Waals surface area contributed by atoms with Crippen molar-refractivity contribution >= 4 is 17.6 Å². The van der Waals surface area contributed by atoms with E-state index < -0.39 is 5.97 Å². The first kappa shape index (κ1) is 14.6. The fraction of sp³-hybridized carbons (Fsp3) is 0.333. The Morgan fingerprint density at radius 2 is 2.10 bits per heavy atom. The molecule has 0 fully saturated rings. The molecule has 0 aliphatic rings. The number of aryl methyl sites for hydroxylation is 1. The summed E-state index contributed by atoms with van der Waals surface area (Å²) in [6.45, 7) is 6.14. The molecule has 2 rings (SSSR count). The molecule has 0 bridgehead atoms. The summed E-state index contributed by atoms with van der Waals surface area (Å²) in [7, 11) is 0. The molecule has 0 unspecified atom stereocenters. The molecular formula is C15H17ClN2O2. The number of esters is 1. The average molecular weight is 293 g/mol. The van der Waals surface area contributed by atoms with Crippen LogP contribution in [-0.4, -0.2) is 22.5 Å². The highest BCUT2D eigenvalue weighted by atomic mass is 35.5. The minimum atomic E-state index is -0.411. The molecule has 20 heavy (non-hydrogen) atoms. The highest BCUT2D eigenvalue weighted by Gasteiger charge is 2.18. The number of aromatic amines is 1. The number of nitrogens with zero attached hydrogens (tertiary/aromatic N) is 1. The van der Waals surface area contributed by atoms with Crippen molar-refractivity contribution in [2.45, 2.75) is 20.8 Å². The molecule has 1 N–H and O–H groups in total. The van der Waals surface area contributed by atoms with E-state index in [2.05, 4.69) is 9.97 Å². The van der Waals surface area contributed by atoms with E-state index in [-0.39, 0.29) is 0 Å². The van der Waals surface area contributed by atoms with Gasteiger partial charge in [-0.2, -0.15) is 0 Å². The molecule has 1 heterocycles. The number of hydrogen-bond donors (Lipinski definition) is 1. The number of nitrogens with one attached hydrogen (secondary N) is 1. The monoisotopic (exact) mass is 292 g/mol. The van der Waals surface area contributed by atoms with Crippen molar-refractivity contribution in [2.24, 2.45) is 5.92 Å². The van der Waals surface area contributed by atoms with Crippen LogP contribution in [0.4, 0.5) is 0 Å². The Balaban J connectivity index is 2.26. The lowest BCUT2D eigenvalue weighted by Crippen LogP contribution is -2.11. The van der Waals surface area contributed by atoms with Gasteiger partial charge >= 0.3 is 5.97 Å². The quantitative estimate of drug-likeness (QED) is 0.871. The zero-order valence-corrected chi connectivity index (χ0v) is 12.5. The summed E-state index contributed by atoms with van der Waals surface area (Å²) >= 11 is 6.13. The largest absolute Gasteiger partial charge is 0.461 e. The molecule has 0 saturated heterocycles. The number of imidazole rings is 1. The molecule has 4 nitrogen and oxygen atoms in total. The summed E-state index contributed by atoms with van der Waals surface area (Å²) in [5.74, 6) is 0.455. The van der Waals surface area contributed by atoms with E-state index in [9.17, 15) is 4.79 Å². The maximum atomic E-state index is 12.0. The van der Waals surface area contributed by atoms with Crippen LogP contribution in [0.15, 0.2) is 24.3 Å². The summed E-state index contributed by atoms with van der Waals surface area (Å²) in [5, 5.41) is 0.586. The summed E-state index contributed by atoms with van der Waals surface area (Å²) in [4.78, 5) is 19.3. The van der Waals surface area contributed by atoms with Gasteiger partial charge in [0.2, 0.25) is 0 Å². The lowest BCUT2D eigenvalue weighted by molar-refractivity contribution is 0.0452. The predicted molar refractivity (Wildman–Crippen MR) is 78.9 cm³/mol. The number of rotatable bonds is 4. The normalized spacial score (nSPS) is 10.8. The Morgan fingerprint density at radius 3 is 2.75 bits per heavy atom. The average Bonchev–Trinajstić information content (AvgIpc) is 2.78. The van der Waals surface area contributed by atoms with E-state index in [0.717, 1.165) is 5.56 Å². The van der Waals surface area contributed by atoms with Crippen LogP contribution in [0.2, 0.25) is 5.02 Å². The Hall–Kier alpha value is -1.81. The van der Waals surface area contributed by atoms with E-state index in [1.807, 2.05) is 32.0 Å². The van der Waals surface area contributed by atoms with Gasteiger partial charge in [-0.15, -0.1) is 0 Å². The molecule has 1 aromatic heterocycles. The molecule has 0 saturated carbocycles. The second kappa shape index (κ2) is 6.09. The summed E-state index contributed by atoms with van der Waals surface area (Å²) in [5.41, 5.74) is 1.74. The number of H-pyrrole nitrogens is 1. The third-order valence-electron chi connectivity index (χ3n) is 2.75. The van der Waals surface area contributed by atoms with Crippen LogP contribution >= 0.6 is 11.6 Å². The molecule has 0 spiro atoms. The van der Waals surface area contributed by atoms with Crippen LogP contribution in [0.3, 0.4) is 0 Å². The fourth-order valence-electron chi connectivity index (χ4n) is 1.75. The van der Waals surface area contributed by atoms with Gasteiger partial charge < -0.3 is 9.72 Å². The number of carbonyl (C=O) groups excluding carboxylic acids is 1. The molecule has 0 aliphatic heterocycles. The second-order valence-electron chi connectivity index (χ2n) is 5.03. The molecule has 0 aliphatic carbocycles. The van der Waals surface area contributed by atoms with Crippen molar-refractivity contribution in [3.63, 3.8) is 0 Å². The lowest BCUT2D eigenvalue weighted by atomic mass is 10.2. The predicted octanol–water partition coefficient (Wildman–Crippen LogP) is 3.85. The van der Waals surface area contributed by atoms with E-state index in [0.29, 0.717) is 34.8 Å². The van der Waals surface area contributed by atoms with E-state index in [1.54, 1.807) is 13.0 Å². The number of halogens is 1. The van der Waals surface area contributed by atoms with Crippen LogP contribution in [-0.2, 0) is 4.74 Å². The van der Waals surface area contributed by atoms with Gasteiger partial charge in [0, 0.05) is 11.3 Å². The standard InChI is InChI=1S/C15H17ClN2O2/c1-9(2)8-20-15(19)13-10(3)17-14(18-13)11-6-4-5-7-12(11)16/h4-7,9H,8H2,1-3H3,(H,17,18). The van der Waals surface area contributed by atoms with E-state index >= 15 is 0 Å². The molecule has 2 aromatic rings. The van der Waals surface area contributed by atoms with E-state index in [1.165, 1.54) is 0 Å².